The van der Waals surface area contributed by atoms with Crippen LogP contribution in [0.1, 0.15) is 20.8 Å². The first kappa shape index (κ1) is 83.9. The van der Waals surface area contributed by atoms with Crippen LogP contribution in [0, 0.1) is 0 Å². The van der Waals surface area contributed by atoms with E-state index in [0.717, 1.165) is 84.3 Å². The van der Waals surface area contributed by atoms with E-state index in [1.807, 2.05) is 210 Å². The van der Waals surface area contributed by atoms with E-state index < -0.39 is 14.7 Å². The molecule has 0 spiro atoms. The minimum atomic E-state index is -1.67. The summed E-state index contributed by atoms with van der Waals surface area (Å²) in [5, 5.41) is 3.21. The Bertz CT molecular complexity index is 5260. The van der Waals surface area contributed by atoms with Gasteiger partial charge in [-0.2, -0.15) is 0 Å². The quantitative estimate of drug-likeness (QED) is 0.0190. The highest BCUT2D eigenvalue weighted by molar-refractivity contribution is 7.20. The van der Waals surface area contributed by atoms with E-state index in [1.54, 1.807) is 43.5 Å². The predicted molar refractivity (Wildman–Crippen MR) is 484 cm³/mol. The van der Waals surface area contributed by atoms with E-state index in [1.165, 1.54) is 33.4 Å². The fourth-order valence-electron chi connectivity index (χ4n) is 12.7. The number of aromatic nitrogens is 7. The highest BCUT2D eigenvalue weighted by Gasteiger charge is 2.58. The molecule has 0 fully saturated rings. The summed E-state index contributed by atoms with van der Waals surface area (Å²) in [5.74, 6) is 0. The van der Waals surface area contributed by atoms with Gasteiger partial charge >= 0.3 is 13.7 Å². The van der Waals surface area contributed by atoms with Gasteiger partial charge in [-0.15, -0.1) is 0 Å². The third-order valence-electron chi connectivity index (χ3n) is 18.6. The van der Waals surface area contributed by atoms with Gasteiger partial charge in [0.15, 0.2) is 8.24 Å². The van der Waals surface area contributed by atoms with Gasteiger partial charge in [0, 0.05) is 124 Å². The summed E-state index contributed by atoms with van der Waals surface area (Å²) in [6, 6.07) is 86.9. The maximum absolute atomic E-state index is 5.59. The molecule has 582 valence electrons. The minimum Gasteiger partial charge on any atom is -0.399 e. The Morgan fingerprint density at radius 3 is 1.00 bits per heavy atom. The first-order valence-electron chi connectivity index (χ1n) is 38.6. The molecule has 7 aromatic heterocycles. The van der Waals surface area contributed by atoms with Crippen molar-refractivity contribution in [3.8, 4) is 77.9 Å². The van der Waals surface area contributed by atoms with Crippen LogP contribution in [0.15, 0.2) is 352 Å². The van der Waals surface area contributed by atoms with E-state index in [2.05, 4.69) is 244 Å². The number of nitrogens with two attached hydrogens (primary N) is 1. The number of nitrogen functional groups attached to an aromatic ring is 1. The lowest BCUT2D eigenvalue weighted by Crippen LogP contribution is -2.62. The molecule has 0 unspecified atom stereocenters. The SMILES string of the molecule is C(=Nc1ccc(-c2ccncc2)cc1)Nc1ccc(-c2ccncc2)cc1.CCOC(OCC)OCC.CN(C)B1B(N(C)C)[N+](c2ccc(-c3ccncc3)cc2)=CN1c1ccc(-c2ccncc2)cc1.C[Si](C)(C)N(C=Nc1ccc(-c2ccncc2)cc1)c1ccc(-c2ccncc2)cc1.Nc1ccc(-c2ccncc2)cc1. The van der Waals surface area contributed by atoms with Crippen LogP contribution in [0.25, 0.3) is 77.9 Å². The van der Waals surface area contributed by atoms with Gasteiger partial charge in [-0.05, 0) is 297 Å². The summed E-state index contributed by atoms with van der Waals surface area (Å²) in [6.07, 6.45) is 31.3. The molecule has 3 N–H and O–H groups in total. The molecule has 0 radical (unpaired) electrons. The molecule has 14 aromatic rings. The molecule has 0 amide bonds. The van der Waals surface area contributed by atoms with Gasteiger partial charge in [0.05, 0.1) is 24.1 Å². The Morgan fingerprint density at radius 1 is 0.388 bits per heavy atom. The molecule has 0 atom stereocenters. The zero-order valence-corrected chi connectivity index (χ0v) is 68.5. The Hall–Kier alpha value is -13.1. The second-order valence-electron chi connectivity index (χ2n) is 28.1. The normalized spacial score (nSPS) is 11.8. The van der Waals surface area contributed by atoms with Gasteiger partial charge in [-0.1, -0.05) is 105 Å². The van der Waals surface area contributed by atoms with Crippen molar-refractivity contribution < 1.29 is 18.7 Å². The molecule has 7 aromatic carbocycles. The molecule has 116 heavy (non-hydrogen) atoms. The maximum atomic E-state index is 5.59. The van der Waals surface area contributed by atoms with Crippen molar-refractivity contribution in [2.75, 3.05) is 68.4 Å². The summed E-state index contributed by atoms with van der Waals surface area (Å²) in [4.78, 5) is 44.7. The summed E-state index contributed by atoms with van der Waals surface area (Å²) in [6.45, 7) is 14.3. The molecule has 0 aliphatic carbocycles. The van der Waals surface area contributed by atoms with Gasteiger partial charge in [0.2, 0.25) is 6.34 Å². The summed E-state index contributed by atoms with van der Waals surface area (Å²) >= 11 is 0. The number of pyridine rings is 7. The molecule has 1 aliphatic heterocycles. The van der Waals surface area contributed by atoms with Crippen molar-refractivity contribution in [1.29, 1.82) is 0 Å². The second-order valence-corrected chi connectivity index (χ2v) is 32.9. The molecular weight excluding hydrogens is 1450 g/mol. The molecule has 19 nitrogen and oxygen atoms in total. The van der Waals surface area contributed by atoms with Crippen LogP contribution in [0.4, 0.5) is 39.8 Å². The lowest BCUT2D eigenvalue weighted by Gasteiger charge is -2.32. The topological polar surface area (TPSA) is 197 Å². The number of rotatable bonds is 24. The lowest BCUT2D eigenvalue weighted by molar-refractivity contribution is -0.283. The van der Waals surface area contributed by atoms with Crippen LogP contribution >= 0.6 is 0 Å². The fraction of sp³-hybridized carbons (Fsp3) is 0.149. The Morgan fingerprint density at radius 2 is 0.681 bits per heavy atom. The smallest absolute Gasteiger partial charge is 0.399 e. The highest BCUT2D eigenvalue weighted by Crippen LogP contribution is 2.32. The third kappa shape index (κ3) is 24.5. The van der Waals surface area contributed by atoms with Gasteiger partial charge in [-0.25, -0.2) is 9.98 Å². The molecular formula is C94H99B2N16O3Si+. The molecule has 1 aliphatic rings. The van der Waals surface area contributed by atoms with E-state index in [4.69, 9.17) is 24.9 Å². The van der Waals surface area contributed by atoms with Gasteiger partial charge in [0.1, 0.15) is 11.4 Å². The van der Waals surface area contributed by atoms with Crippen molar-refractivity contribution in [2.24, 2.45) is 9.98 Å². The molecule has 8 heterocycles. The van der Waals surface area contributed by atoms with E-state index in [9.17, 15) is 0 Å². The average molecular weight is 1550 g/mol. The number of nitrogens with zero attached hydrogens (tertiary/aromatic N) is 14. The van der Waals surface area contributed by atoms with E-state index in [-0.39, 0.29) is 13.7 Å². The Balaban J connectivity index is 0.000000151. The first-order valence-corrected chi connectivity index (χ1v) is 42.1. The number of hydrogen-bond donors (Lipinski definition) is 2. The molecule has 15 rings (SSSR count). The Labute approximate surface area is 684 Å². The van der Waals surface area contributed by atoms with Gasteiger partial charge in [0.25, 0.3) is 6.48 Å². The number of nitrogens with one attached hydrogen (secondary N) is 1. The van der Waals surface area contributed by atoms with Crippen LogP contribution in [-0.4, -0.2) is 144 Å². The van der Waals surface area contributed by atoms with E-state index in [0.29, 0.717) is 19.8 Å². The number of benzene rings is 7. The first-order chi connectivity index (χ1) is 56.6. The summed E-state index contributed by atoms with van der Waals surface area (Å²) in [5.41, 5.74) is 29.0. The second kappa shape index (κ2) is 43.3. The van der Waals surface area contributed by atoms with Gasteiger partial charge in [-0.3, -0.25) is 44.2 Å². The van der Waals surface area contributed by atoms with Crippen molar-refractivity contribution in [1.82, 2.24) is 44.5 Å². The van der Waals surface area contributed by atoms with Crippen LogP contribution < -0.4 is 20.4 Å². The van der Waals surface area contributed by atoms with Crippen molar-refractivity contribution >= 4 is 80.8 Å². The van der Waals surface area contributed by atoms with Crippen molar-refractivity contribution in [3.05, 3.63) is 342 Å². The van der Waals surface area contributed by atoms with Crippen LogP contribution in [-0.2, 0) is 14.2 Å². The number of anilines is 4. The molecule has 0 saturated carbocycles. The standard InChI is InChI=1S/C27H29B2N6.C26H26N4Si.C23H18N4.C11H10N2.C7H16O3/c1-32(2)28-29(33(3)4)35(27-11-7-23(8-12-27)25-15-19-31-20-16-25)21-34(28)26-9-5-22(6-10-26)24-13-17-30-18-14-24;1-31(2,3)30(26-10-6-22(7-11-26)24-14-18-28-19-15-24)20-29-25-8-4-21(5-9-25)23-12-16-27-17-13-23;1-5-22(6-2-18(1)20-9-13-24-14-10-20)26-17-27-23-7-3-19(4-8-23)21-11-15-25-16-12-21;12-11-3-1-9(2-4-11)10-5-7-13-8-6-10;1-4-8-7(9-5-2)10-6-3/h5-21H,1-4H3;4-20H,1-3H3;1-17H,(H,26,27);1-8H,12H2;7H,4-6H2,1-3H3/q+1;;;;. The van der Waals surface area contributed by atoms with Crippen molar-refractivity contribution in [2.45, 2.75) is 46.9 Å². The monoisotopic (exact) mass is 1550 g/mol. The Kier molecular flexibility index (Phi) is 31.3. The third-order valence-corrected chi connectivity index (χ3v) is 20.5. The van der Waals surface area contributed by atoms with Crippen LogP contribution in [0.2, 0.25) is 19.6 Å². The average Bonchev–Trinajstić information content (AvgIpc) is 1.61. The predicted octanol–water partition coefficient (Wildman–Crippen LogP) is 20.3. The van der Waals surface area contributed by atoms with E-state index >= 15 is 0 Å². The highest BCUT2D eigenvalue weighted by atomic mass is 28.3. The molecule has 0 bridgehead atoms. The molecule has 22 heteroatoms. The maximum Gasteiger partial charge on any atom is 0.506 e. The van der Waals surface area contributed by atoms with Crippen molar-refractivity contribution in [3.63, 3.8) is 0 Å². The minimum absolute atomic E-state index is 0.136. The van der Waals surface area contributed by atoms with Gasteiger partial charge < -0.3 is 39.4 Å². The zero-order chi connectivity index (χ0) is 81.3. The van der Waals surface area contributed by atoms with Crippen LogP contribution in [0.3, 0.4) is 0 Å². The zero-order valence-electron chi connectivity index (χ0n) is 67.5. The van der Waals surface area contributed by atoms with Crippen LogP contribution in [0.5, 0.6) is 0 Å². The summed E-state index contributed by atoms with van der Waals surface area (Å²) in [7, 11) is 6.89. The number of hydrogen-bond acceptors (Lipinski definition) is 16. The molecule has 0 saturated heterocycles. The summed E-state index contributed by atoms with van der Waals surface area (Å²) < 4.78 is 19.9. The lowest BCUT2D eigenvalue weighted by atomic mass is 9.32. The number of ether oxygens (including phenoxy) is 3. The number of aliphatic imine (C=N–C) groups is 2. The largest absolute Gasteiger partial charge is 0.506 e. The fourth-order valence-corrected chi connectivity index (χ4v) is 14.0.